The lowest BCUT2D eigenvalue weighted by atomic mass is 9.89. The van der Waals surface area contributed by atoms with Crippen LogP contribution in [0.15, 0.2) is 48.5 Å². The number of carbonyl (C=O) groups is 1. The van der Waals surface area contributed by atoms with Gasteiger partial charge in [0.25, 0.3) is 0 Å². The number of amides is 1. The predicted molar refractivity (Wildman–Crippen MR) is 108 cm³/mol. The molecule has 4 rings (SSSR count). The Bertz CT molecular complexity index is 1050. The zero-order chi connectivity index (χ0) is 20.5. The molecule has 1 heterocycles. The fourth-order valence-electron chi connectivity index (χ4n) is 3.68. The molecule has 0 saturated heterocycles. The van der Waals surface area contributed by atoms with Crippen LogP contribution in [0.25, 0.3) is 22.0 Å². The molecule has 0 spiro atoms. The van der Waals surface area contributed by atoms with E-state index in [-0.39, 0.29) is 24.1 Å². The molecule has 1 atom stereocenters. The second kappa shape index (κ2) is 7.89. The summed E-state index contributed by atoms with van der Waals surface area (Å²) in [6.07, 6.45) is 0.825. The van der Waals surface area contributed by atoms with Crippen molar-refractivity contribution >= 4 is 16.8 Å². The number of carbonyl (C=O) groups excluding carboxylic acids is 1. The molecular weight excluding hydrogens is 371 g/mol. The van der Waals surface area contributed by atoms with Gasteiger partial charge < -0.3 is 5.11 Å². The van der Waals surface area contributed by atoms with Gasteiger partial charge in [0.1, 0.15) is 5.82 Å². The number of nitrogens with zero attached hydrogens (tertiary/aromatic N) is 2. The van der Waals surface area contributed by atoms with Gasteiger partial charge in [0.15, 0.2) is 0 Å². The van der Waals surface area contributed by atoms with Crippen LogP contribution in [-0.4, -0.2) is 35.2 Å². The van der Waals surface area contributed by atoms with Gasteiger partial charge in [-0.05, 0) is 42.2 Å². The number of fused-ring (bicyclic) bond motifs is 1. The number of aliphatic hydroxyl groups is 1. The minimum atomic E-state index is -1.05. The molecule has 1 unspecified atom stereocenters. The number of para-hydroxylation sites is 1. The second-order valence-corrected chi connectivity index (χ2v) is 7.38. The van der Waals surface area contributed by atoms with Gasteiger partial charge in [0, 0.05) is 23.9 Å². The number of aromatic nitrogens is 1. The molecular formula is C23H23FN2O3. The summed E-state index contributed by atoms with van der Waals surface area (Å²) in [6, 6.07) is 13.9. The van der Waals surface area contributed by atoms with Crippen molar-refractivity contribution in [2.24, 2.45) is 0 Å². The average Bonchev–Trinajstić information content (AvgIpc) is 3.57. The van der Waals surface area contributed by atoms with E-state index < -0.39 is 6.10 Å². The maximum atomic E-state index is 13.6. The fraction of sp³-hybridized carbons (Fsp3) is 0.304. The summed E-state index contributed by atoms with van der Waals surface area (Å²) >= 11 is 0. The van der Waals surface area contributed by atoms with Crippen molar-refractivity contribution in [1.82, 2.24) is 10.0 Å². The van der Waals surface area contributed by atoms with Gasteiger partial charge >= 0.3 is 0 Å². The third kappa shape index (κ3) is 3.86. The highest BCUT2D eigenvalue weighted by Crippen LogP contribution is 2.47. The van der Waals surface area contributed by atoms with E-state index in [0.29, 0.717) is 5.56 Å². The van der Waals surface area contributed by atoms with Gasteiger partial charge in [-0.25, -0.2) is 9.45 Å². The summed E-state index contributed by atoms with van der Waals surface area (Å²) < 4.78 is 13.6. The quantitative estimate of drug-likeness (QED) is 0.631. The number of hydrogen-bond donors (Lipinski definition) is 1. The minimum absolute atomic E-state index is 0.127. The molecule has 150 valence electrons. The molecule has 0 bridgehead atoms. The van der Waals surface area contributed by atoms with E-state index in [1.165, 1.54) is 26.3 Å². The summed E-state index contributed by atoms with van der Waals surface area (Å²) in [5.41, 5.74) is 3.88. The van der Waals surface area contributed by atoms with Gasteiger partial charge in [-0.15, -0.1) is 0 Å². The number of rotatable bonds is 6. The molecule has 5 nitrogen and oxygen atoms in total. The minimum Gasteiger partial charge on any atom is -0.388 e. The van der Waals surface area contributed by atoms with Crippen LogP contribution in [0.1, 0.15) is 42.5 Å². The second-order valence-electron chi connectivity index (χ2n) is 7.38. The number of benzene rings is 2. The number of pyridine rings is 1. The molecule has 2 aromatic carbocycles. The van der Waals surface area contributed by atoms with Crippen molar-refractivity contribution in [1.29, 1.82) is 0 Å². The molecule has 0 radical (unpaired) electrons. The molecule has 1 aliphatic carbocycles. The van der Waals surface area contributed by atoms with Crippen LogP contribution in [0.4, 0.5) is 4.39 Å². The summed E-state index contributed by atoms with van der Waals surface area (Å²) in [4.78, 5) is 22.2. The molecule has 6 heteroatoms. The van der Waals surface area contributed by atoms with E-state index in [9.17, 15) is 14.3 Å². The third-order valence-corrected chi connectivity index (χ3v) is 5.38. The first-order chi connectivity index (χ1) is 14.0. The SMILES string of the molecule is CON(C)C(=O)CC(O)c1c(C2CC2)nc2ccccc2c1-c1ccc(F)cc1. The van der Waals surface area contributed by atoms with Gasteiger partial charge in [-0.2, -0.15) is 0 Å². The lowest BCUT2D eigenvalue weighted by Gasteiger charge is -2.23. The van der Waals surface area contributed by atoms with Crippen LogP contribution >= 0.6 is 0 Å². The molecule has 1 amide bonds. The Morgan fingerprint density at radius 2 is 1.93 bits per heavy atom. The molecule has 1 aliphatic rings. The summed E-state index contributed by atoms with van der Waals surface area (Å²) in [7, 11) is 2.91. The van der Waals surface area contributed by atoms with E-state index >= 15 is 0 Å². The standard InChI is InChI=1S/C23H23FN2O3/c1-26(29-2)20(28)13-19(27)22-21(14-9-11-16(24)12-10-14)17-5-3-4-6-18(17)25-23(22)15-7-8-15/h3-6,9-12,15,19,27H,7-8,13H2,1-2H3. The van der Waals surface area contributed by atoms with Gasteiger partial charge in [-0.3, -0.25) is 14.6 Å². The largest absolute Gasteiger partial charge is 0.388 e. The summed E-state index contributed by atoms with van der Waals surface area (Å²) in [5, 5.41) is 13.1. The van der Waals surface area contributed by atoms with Gasteiger partial charge in [0.05, 0.1) is 30.8 Å². The Kier molecular flexibility index (Phi) is 5.30. The van der Waals surface area contributed by atoms with E-state index in [1.807, 2.05) is 24.3 Å². The Labute approximate surface area is 168 Å². The maximum Gasteiger partial charge on any atom is 0.248 e. The van der Waals surface area contributed by atoms with Gasteiger partial charge in [0.2, 0.25) is 5.91 Å². The predicted octanol–water partition coefficient (Wildman–Crippen LogP) is 4.36. The Balaban J connectivity index is 1.93. The van der Waals surface area contributed by atoms with Crippen LogP contribution in [0.5, 0.6) is 0 Å². The first-order valence-electron chi connectivity index (χ1n) is 9.66. The van der Waals surface area contributed by atoms with Crippen molar-refractivity contribution in [3.63, 3.8) is 0 Å². The molecule has 3 aromatic rings. The summed E-state index contributed by atoms with van der Waals surface area (Å²) in [6.45, 7) is 0. The number of halogens is 1. The van der Waals surface area contributed by atoms with Crippen LogP contribution < -0.4 is 0 Å². The normalized spacial score (nSPS) is 14.8. The Morgan fingerprint density at radius 3 is 2.59 bits per heavy atom. The molecule has 1 saturated carbocycles. The highest BCUT2D eigenvalue weighted by molar-refractivity contribution is 5.97. The lowest BCUT2D eigenvalue weighted by Crippen LogP contribution is -2.27. The van der Waals surface area contributed by atoms with Crippen LogP contribution in [0.3, 0.4) is 0 Å². The van der Waals surface area contributed by atoms with E-state index in [4.69, 9.17) is 9.82 Å². The number of hydrogen-bond acceptors (Lipinski definition) is 4. The van der Waals surface area contributed by atoms with E-state index in [2.05, 4.69) is 0 Å². The molecule has 1 fully saturated rings. The highest BCUT2D eigenvalue weighted by atomic mass is 19.1. The molecule has 29 heavy (non-hydrogen) atoms. The van der Waals surface area contributed by atoms with E-state index in [1.54, 1.807) is 12.1 Å². The van der Waals surface area contributed by atoms with Crippen LogP contribution in [-0.2, 0) is 9.63 Å². The smallest absolute Gasteiger partial charge is 0.248 e. The van der Waals surface area contributed by atoms with Crippen molar-refractivity contribution < 1.29 is 19.1 Å². The third-order valence-electron chi connectivity index (χ3n) is 5.38. The number of aliphatic hydroxyl groups excluding tert-OH is 1. The van der Waals surface area contributed by atoms with Crippen molar-refractivity contribution in [3.05, 3.63) is 65.6 Å². The molecule has 0 aliphatic heterocycles. The zero-order valence-electron chi connectivity index (χ0n) is 16.4. The van der Waals surface area contributed by atoms with E-state index in [0.717, 1.165) is 45.6 Å². The topological polar surface area (TPSA) is 62.7 Å². The molecule has 1 aromatic heterocycles. The van der Waals surface area contributed by atoms with Crippen LogP contribution in [0, 0.1) is 5.82 Å². The molecule has 1 N–H and O–H groups in total. The fourth-order valence-corrected chi connectivity index (χ4v) is 3.68. The maximum absolute atomic E-state index is 13.6. The average molecular weight is 394 g/mol. The Morgan fingerprint density at radius 1 is 1.24 bits per heavy atom. The van der Waals surface area contributed by atoms with Crippen molar-refractivity contribution in [2.45, 2.75) is 31.3 Å². The first-order valence-corrected chi connectivity index (χ1v) is 9.66. The van der Waals surface area contributed by atoms with Gasteiger partial charge in [-0.1, -0.05) is 30.3 Å². The summed E-state index contributed by atoms with van der Waals surface area (Å²) in [5.74, 6) is -0.396. The number of hydroxylamine groups is 2. The highest BCUT2D eigenvalue weighted by Gasteiger charge is 2.33. The monoisotopic (exact) mass is 394 g/mol. The van der Waals surface area contributed by atoms with Crippen molar-refractivity contribution in [2.75, 3.05) is 14.2 Å². The zero-order valence-corrected chi connectivity index (χ0v) is 16.4. The lowest BCUT2D eigenvalue weighted by molar-refractivity contribution is -0.170. The van der Waals surface area contributed by atoms with Crippen LogP contribution in [0.2, 0.25) is 0 Å². The van der Waals surface area contributed by atoms with Crippen molar-refractivity contribution in [3.8, 4) is 11.1 Å². The first kappa shape index (κ1) is 19.5. The Hall–Kier alpha value is -2.83.